The molecule has 1 amide bonds. The number of aromatic nitrogens is 2. The minimum absolute atomic E-state index is 0.193. The van der Waals surface area contributed by atoms with Crippen molar-refractivity contribution < 1.29 is 4.79 Å². The zero-order valence-corrected chi connectivity index (χ0v) is 10.5. The standard InChI is InChI=1S/C12H20N4O/c1-15(8-10-7-14-16(2)9-10)12(17)11-3-5-13-6-4-11/h7,9,11,13H,3-6,8H2,1-2H3. The van der Waals surface area contributed by atoms with E-state index in [1.165, 1.54) is 0 Å². The zero-order chi connectivity index (χ0) is 12.3. The van der Waals surface area contributed by atoms with Crippen molar-refractivity contribution in [3.63, 3.8) is 0 Å². The molecule has 1 saturated heterocycles. The van der Waals surface area contributed by atoms with Crippen molar-refractivity contribution in [1.29, 1.82) is 0 Å². The minimum atomic E-state index is 0.193. The Bertz CT molecular complexity index is 382. The molecule has 94 valence electrons. The van der Waals surface area contributed by atoms with Gasteiger partial charge in [0.25, 0.3) is 0 Å². The lowest BCUT2D eigenvalue weighted by Crippen LogP contribution is -2.38. The predicted octanol–water partition coefficient (Wildman–Crippen LogP) is 0.378. The van der Waals surface area contributed by atoms with E-state index in [0.29, 0.717) is 6.54 Å². The molecule has 0 bridgehead atoms. The molecule has 1 aliphatic rings. The molecule has 1 fully saturated rings. The number of hydrogen-bond donors (Lipinski definition) is 1. The maximum atomic E-state index is 12.2. The molecule has 17 heavy (non-hydrogen) atoms. The van der Waals surface area contributed by atoms with Gasteiger partial charge in [0.1, 0.15) is 0 Å². The first-order valence-corrected chi connectivity index (χ1v) is 6.10. The molecule has 1 aromatic rings. The number of hydrogen-bond acceptors (Lipinski definition) is 3. The molecule has 0 aromatic carbocycles. The van der Waals surface area contributed by atoms with Gasteiger partial charge in [0.2, 0.25) is 5.91 Å². The average molecular weight is 236 g/mol. The SMILES string of the molecule is CN(Cc1cnn(C)c1)C(=O)C1CCNCC1. The summed E-state index contributed by atoms with van der Waals surface area (Å²) >= 11 is 0. The fraction of sp³-hybridized carbons (Fsp3) is 0.667. The molecule has 1 N–H and O–H groups in total. The summed E-state index contributed by atoms with van der Waals surface area (Å²) in [5, 5.41) is 7.39. The lowest BCUT2D eigenvalue weighted by atomic mass is 9.96. The summed E-state index contributed by atoms with van der Waals surface area (Å²) in [6.45, 7) is 2.56. The van der Waals surface area contributed by atoms with E-state index < -0.39 is 0 Å². The predicted molar refractivity (Wildman–Crippen MR) is 65.3 cm³/mol. The van der Waals surface area contributed by atoms with Crippen LogP contribution in [0.15, 0.2) is 12.4 Å². The number of rotatable bonds is 3. The normalized spacial score (nSPS) is 17.1. The van der Waals surface area contributed by atoms with E-state index in [1.54, 1.807) is 4.68 Å². The van der Waals surface area contributed by atoms with Gasteiger partial charge in [0.05, 0.1) is 6.20 Å². The van der Waals surface area contributed by atoms with Crippen LogP contribution in [0.25, 0.3) is 0 Å². The summed E-state index contributed by atoms with van der Waals surface area (Å²) in [7, 11) is 3.76. The monoisotopic (exact) mass is 236 g/mol. The van der Waals surface area contributed by atoms with Gasteiger partial charge in [-0.05, 0) is 25.9 Å². The van der Waals surface area contributed by atoms with Gasteiger partial charge >= 0.3 is 0 Å². The third kappa shape index (κ3) is 3.06. The fourth-order valence-electron chi connectivity index (χ4n) is 2.29. The minimum Gasteiger partial charge on any atom is -0.341 e. The lowest BCUT2D eigenvalue weighted by Gasteiger charge is -2.26. The molecule has 0 saturated carbocycles. The van der Waals surface area contributed by atoms with Crippen LogP contribution in [0, 0.1) is 5.92 Å². The van der Waals surface area contributed by atoms with Crippen molar-refractivity contribution in [2.24, 2.45) is 13.0 Å². The molecule has 2 rings (SSSR count). The molecule has 0 spiro atoms. The van der Waals surface area contributed by atoms with Crippen LogP contribution < -0.4 is 5.32 Å². The van der Waals surface area contributed by atoms with Crippen molar-refractivity contribution >= 4 is 5.91 Å². The molecule has 0 radical (unpaired) electrons. The highest BCUT2D eigenvalue weighted by Gasteiger charge is 2.23. The van der Waals surface area contributed by atoms with Crippen LogP contribution >= 0.6 is 0 Å². The Balaban J connectivity index is 1.90. The first-order chi connectivity index (χ1) is 8.16. The van der Waals surface area contributed by atoms with Crippen LogP contribution in [-0.2, 0) is 18.4 Å². The summed E-state index contributed by atoms with van der Waals surface area (Å²) in [4.78, 5) is 14.0. The van der Waals surface area contributed by atoms with E-state index in [1.807, 2.05) is 31.4 Å². The maximum absolute atomic E-state index is 12.2. The van der Waals surface area contributed by atoms with Crippen molar-refractivity contribution in [2.75, 3.05) is 20.1 Å². The van der Waals surface area contributed by atoms with Gasteiger partial charge in [-0.2, -0.15) is 5.10 Å². The maximum Gasteiger partial charge on any atom is 0.225 e. The van der Waals surface area contributed by atoms with Crippen molar-refractivity contribution in [3.05, 3.63) is 18.0 Å². The Kier molecular flexibility index (Phi) is 3.78. The first-order valence-electron chi connectivity index (χ1n) is 6.10. The quantitative estimate of drug-likeness (QED) is 0.825. The molecule has 1 aliphatic heterocycles. The van der Waals surface area contributed by atoms with Crippen LogP contribution in [0.5, 0.6) is 0 Å². The Morgan fingerprint density at radius 1 is 1.59 bits per heavy atom. The third-order valence-corrected chi connectivity index (χ3v) is 3.24. The molecule has 5 nitrogen and oxygen atoms in total. The van der Waals surface area contributed by atoms with Crippen LogP contribution in [0.4, 0.5) is 0 Å². The van der Waals surface area contributed by atoms with Crippen LogP contribution in [0.1, 0.15) is 18.4 Å². The molecule has 0 aliphatic carbocycles. The van der Waals surface area contributed by atoms with Crippen molar-refractivity contribution in [2.45, 2.75) is 19.4 Å². The zero-order valence-electron chi connectivity index (χ0n) is 10.5. The van der Waals surface area contributed by atoms with Crippen molar-refractivity contribution in [3.8, 4) is 0 Å². The van der Waals surface area contributed by atoms with E-state index >= 15 is 0 Å². The van der Waals surface area contributed by atoms with Gasteiger partial charge in [-0.15, -0.1) is 0 Å². The molecule has 5 heteroatoms. The van der Waals surface area contributed by atoms with Gasteiger partial charge in [-0.25, -0.2) is 0 Å². The van der Waals surface area contributed by atoms with E-state index in [-0.39, 0.29) is 11.8 Å². The van der Waals surface area contributed by atoms with Crippen LogP contribution in [0.3, 0.4) is 0 Å². The van der Waals surface area contributed by atoms with E-state index in [9.17, 15) is 4.79 Å². The molecule has 0 atom stereocenters. The van der Waals surface area contributed by atoms with Crippen molar-refractivity contribution in [1.82, 2.24) is 20.0 Å². The van der Waals surface area contributed by atoms with Gasteiger partial charge in [0, 0.05) is 38.3 Å². The molecular weight excluding hydrogens is 216 g/mol. The number of amides is 1. The Hall–Kier alpha value is -1.36. The van der Waals surface area contributed by atoms with Gasteiger partial charge in [0.15, 0.2) is 0 Å². The highest BCUT2D eigenvalue weighted by Crippen LogP contribution is 2.15. The number of carbonyl (C=O) groups is 1. The summed E-state index contributed by atoms with van der Waals surface area (Å²) in [6.07, 6.45) is 5.67. The number of piperidine rings is 1. The first kappa shape index (κ1) is 12.1. The number of nitrogens with one attached hydrogen (secondary N) is 1. The fourth-order valence-corrected chi connectivity index (χ4v) is 2.29. The molecule has 2 heterocycles. The largest absolute Gasteiger partial charge is 0.341 e. The smallest absolute Gasteiger partial charge is 0.225 e. The van der Waals surface area contributed by atoms with Crippen LogP contribution in [0.2, 0.25) is 0 Å². The highest BCUT2D eigenvalue weighted by atomic mass is 16.2. The third-order valence-electron chi connectivity index (χ3n) is 3.24. The summed E-state index contributed by atoms with van der Waals surface area (Å²) < 4.78 is 1.76. The number of carbonyl (C=O) groups excluding carboxylic acids is 1. The second-order valence-electron chi connectivity index (χ2n) is 4.74. The second-order valence-corrected chi connectivity index (χ2v) is 4.74. The van der Waals surface area contributed by atoms with Crippen LogP contribution in [-0.4, -0.2) is 40.7 Å². The topological polar surface area (TPSA) is 50.2 Å². The van der Waals surface area contributed by atoms with E-state index in [0.717, 1.165) is 31.5 Å². The van der Waals surface area contributed by atoms with E-state index in [4.69, 9.17) is 0 Å². The Morgan fingerprint density at radius 3 is 2.88 bits per heavy atom. The molecule has 0 unspecified atom stereocenters. The molecule has 1 aromatic heterocycles. The Morgan fingerprint density at radius 2 is 2.29 bits per heavy atom. The van der Waals surface area contributed by atoms with Gasteiger partial charge < -0.3 is 10.2 Å². The lowest BCUT2D eigenvalue weighted by molar-refractivity contribution is -0.135. The second kappa shape index (κ2) is 5.31. The number of aryl methyl sites for hydroxylation is 1. The van der Waals surface area contributed by atoms with Gasteiger partial charge in [-0.1, -0.05) is 0 Å². The highest BCUT2D eigenvalue weighted by molar-refractivity contribution is 5.78. The summed E-state index contributed by atoms with van der Waals surface area (Å²) in [5.41, 5.74) is 1.08. The average Bonchev–Trinajstić information content (AvgIpc) is 2.75. The van der Waals surface area contributed by atoms with Gasteiger partial charge in [-0.3, -0.25) is 9.48 Å². The Labute approximate surface area is 102 Å². The number of nitrogens with zero attached hydrogens (tertiary/aromatic N) is 3. The summed E-state index contributed by atoms with van der Waals surface area (Å²) in [6, 6.07) is 0. The summed E-state index contributed by atoms with van der Waals surface area (Å²) in [5.74, 6) is 0.452. The molecular formula is C12H20N4O. The van der Waals surface area contributed by atoms with E-state index in [2.05, 4.69) is 10.4 Å².